The van der Waals surface area contributed by atoms with Gasteiger partial charge in [-0.05, 0) is 37.3 Å². The molecule has 0 aliphatic carbocycles. The number of rotatable bonds is 2. The average molecular weight is 210 g/mol. The normalized spacial score (nSPS) is 36.1. The summed E-state index contributed by atoms with van der Waals surface area (Å²) >= 11 is 0. The van der Waals surface area contributed by atoms with Crippen LogP contribution in [-0.2, 0) is 4.79 Å². The Hall–Kier alpha value is -0.570. The van der Waals surface area contributed by atoms with Crippen LogP contribution in [0.25, 0.3) is 0 Å². The second kappa shape index (κ2) is 4.52. The van der Waals surface area contributed by atoms with E-state index >= 15 is 0 Å². The lowest BCUT2D eigenvalue weighted by atomic mass is 10.0. The average Bonchev–Trinajstić information content (AvgIpc) is 2.78. The van der Waals surface area contributed by atoms with Crippen LogP contribution >= 0.6 is 0 Å². The van der Waals surface area contributed by atoms with E-state index in [1.807, 2.05) is 0 Å². The first-order chi connectivity index (χ1) is 7.16. The van der Waals surface area contributed by atoms with E-state index in [1.165, 1.54) is 6.42 Å². The lowest BCUT2D eigenvalue weighted by molar-refractivity contribution is -0.131. The molecule has 3 nitrogen and oxygen atoms in total. The number of amides is 1. The molecule has 15 heavy (non-hydrogen) atoms. The lowest BCUT2D eigenvalue weighted by Crippen LogP contribution is -2.30. The molecule has 0 aromatic carbocycles. The first-order valence-electron chi connectivity index (χ1n) is 6.15. The maximum atomic E-state index is 12.0. The molecule has 3 heteroatoms. The van der Waals surface area contributed by atoms with E-state index in [0.29, 0.717) is 23.7 Å². The van der Waals surface area contributed by atoms with Crippen LogP contribution < -0.4 is 5.32 Å². The summed E-state index contributed by atoms with van der Waals surface area (Å²) in [7, 11) is 0. The van der Waals surface area contributed by atoms with Gasteiger partial charge in [0.25, 0.3) is 0 Å². The number of hydrogen-bond acceptors (Lipinski definition) is 2. The van der Waals surface area contributed by atoms with Gasteiger partial charge in [0.15, 0.2) is 0 Å². The minimum absolute atomic E-state index is 0.375. The molecule has 2 rings (SSSR count). The summed E-state index contributed by atoms with van der Waals surface area (Å²) in [5, 5.41) is 3.32. The van der Waals surface area contributed by atoms with Crippen LogP contribution in [0.3, 0.4) is 0 Å². The van der Waals surface area contributed by atoms with E-state index in [9.17, 15) is 4.79 Å². The van der Waals surface area contributed by atoms with Gasteiger partial charge in [-0.3, -0.25) is 4.79 Å². The van der Waals surface area contributed by atoms with Crippen LogP contribution in [-0.4, -0.2) is 37.0 Å². The summed E-state index contributed by atoms with van der Waals surface area (Å²) in [6, 6.07) is 0. The number of hydrogen-bond donors (Lipinski definition) is 1. The zero-order chi connectivity index (χ0) is 10.8. The molecule has 2 fully saturated rings. The van der Waals surface area contributed by atoms with Gasteiger partial charge in [-0.2, -0.15) is 0 Å². The van der Waals surface area contributed by atoms with Gasteiger partial charge in [-0.15, -0.1) is 0 Å². The van der Waals surface area contributed by atoms with Crippen molar-refractivity contribution in [3.05, 3.63) is 0 Å². The molecule has 2 heterocycles. The number of likely N-dealkylation sites (tertiary alicyclic amines) is 1. The molecular weight excluding hydrogens is 188 g/mol. The Bertz CT molecular complexity index is 226. The molecule has 2 saturated heterocycles. The minimum atomic E-state index is 0.375. The first-order valence-corrected chi connectivity index (χ1v) is 6.15. The van der Waals surface area contributed by atoms with Crippen molar-refractivity contribution < 1.29 is 4.79 Å². The highest BCUT2D eigenvalue weighted by atomic mass is 16.2. The van der Waals surface area contributed by atoms with Gasteiger partial charge in [0.05, 0.1) is 0 Å². The van der Waals surface area contributed by atoms with Gasteiger partial charge >= 0.3 is 0 Å². The molecule has 0 aromatic heterocycles. The third-order valence-corrected chi connectivity index (χ3v) is 3.97. The zero-order valence-electron chi connectivity index (χ0n) is 9.83. The molecule has 3 atom stereocenters. The van der Waals surface area contributed by atoms with Crippen LogP contribution in [0, 0.1) is 17.8 Å². The fraction of sp³-hybridized carbons (Fsp3) is 0.917. The maximum absolute atomic E-state index is 12.0. The van der Waals surface area contributed by atoms with Crippen molar-refractivity contribution in [3.63, 3.8) is 0 Å². The van der Waals surface area contributed by atoms with E-state index in [2.05, 4.69) is 24.1 Å². The van der Waals surface area contributed by atoms with Gasteiger partial charge in [0, 0.05) is 19.5 Å². The molecule has 86 valence electrons. The Balaban J connectivity index is 1.81. The summed E-state index contributed by atoms with van der Waals surface area (Å²) in [5.41, 5.74) is 0. The highest BCUT2D eigenvalue weighted by Gasteiger charge is 2.30. The standard InChI is InChI=1S/C12H22N2O/c1-9-7-14(8-10(9)2)12(15)5-11-3-4-13-6-11/h9-11,13H,3-8H2,1-2H3. The largest absolute Gasteiger partial charge is 0.342 e. The van der Waals surface area contributed by atoms with Gasteiger partial charge in [-0.25, -0.2) is 0 Å². The molecule has 0 saturated carbocycles. The topological polar surface area (TPSA) is 32.3 Å². The molecule has 0 radical (unpaired) electrons. The van der Waals surface area contributed by atoms with Crippen LogP contribution in [0.4, 0.5) is 0 Å². The Morgan fingerprint density at radius 2 is 2.00 bits per heavy atom. The quantitative estimate of drug-likeness (QED) is 0.740. The molecular formula is C12H22N2O. The number of nitrogens with zero attached hydrogens (tertiary/aromatic N) is 1. The maximum Gasteiger partial charge on any atom is 0.222 e. The second-order valence-corrected chi connectivity index (χ2v) is 5.32. The second-order valence-electron chi connectivity index (χ2n) is 5.32. The van der Waals surface area contributed by atoms with Crippen molar-refractivity contribution >= 4 is 5.91 Å². The van der Waals surface area contributed by atoms with E-state index in [0.717, 1.165) is 32.6 Å². The van der Waals surface area contributed by atoms with E-state index in [-0.39, 0.29) is 0 Å². The zero-order valence-corrected chi connectivity index (χ0v) is 9.83. The van der Waals surface area contributed by atoms with E-state index < -0.39 is 0 Å². The summed E-state index contributed by atoms with van der Waals surface area (Å²) < 4.78 is 0. The Morgan fingerprint density at radius 3 is 2.53 bits per heavy atom. The van der Waals surface area contributed by atoms with Gasteiger partial charge in [0.1, 0.15) is 0 Å². The SMILES string of the molecule is CC1CN(C(=O)CC2CCNC2)CC1C. The number of nitrogens with one attached hydrogen (secondary N) is 1. The van der Waals surface area contributed by atoms with Crippen molar-refractivity contribution in [2.45, 2.75) is 26.7 Å². The molecule has 2 aliphatic rings. The van der Waals surface area contributed by atoms with Gasteiger partial charge in [-0.1, -0.05) is 13.8 Å². The molecule has 0 aromatic rings. The van der Waals surface area contributed by atoms with Crippen LogP contribution in [0.2, 0.25) is 0 Å². The van der Waals surface area contributed by atoms with Crippen molar-refractivity contribution in [2.75, 3.05) is 26.2 Å². The van der Waals surface area contributed by atoms with Crippen molar-refractivity contribution in [1.29, 1.82) is 0 Å². The third-order valence-electron chi connectivity index (χ3n) is 3.97. The Kier molecular flexibility index (Phi) is 3.29. The molecule has 0 bridgehead atoms. The smallest absolute Gasteiger partial charge is 0.222 e. The molecule has 1 N–H and O–H groups in total. The Morgan fingerprint density at radius 1 is 1.33 bits per heavy atom. The first kappa shape index (κ1) is 10.9. The molecule has 1 amide bonds. The predicted octanol–water partition coefficient (Wildman–Crippen LogP) is 1.10. The van der Waals surface area contributed by atoms with Crippen LogP contribution in [0.5, 0.6) is 0 Å². The van der Waals surface area contributed by atoms with E-state index in [1.54, 1.807) is 0 Å². The molecule has 2 aliphatic heterocycles. The lowest BCUT2D eigenvalue weighted by Gasteiger charge is -2.18. The summed E-state index contributed by atoms with van der Waals surface area (Å²) in [6.07, 6.45) is 1.93. The van der Waals surface area contributed by atoms with Crippen molar-refractivity contribution in [1.82, 2.24) is 10.2 Å². The van der Waals surface area contributed by atoms with Crippen molar-refractivity contribution in [3.8, 4) is 0 Å². The van der Waals surface area contributed by atoms with E-state index in [4.69, 9.17) is 0 Å². The van der Waals surface area contributed by atoms with Crippen molar-refractivity contribution in [2.24, 2.45) is 17.8 Å². The fourth-order valence-corrected chi connectivity index (χ4v) is 2.60. The fourth-order valence-electron chi connectivity index (χ4n) is 2.60. The van der Waals surface area contributed by atoms with Crippen LogP contribution in [0.1, 0.15) is 26.7 Å². The highest BCUT2D eigenvalue weighted by molar-refractivity contribution is 5.76. The van der Waals surface area contributed by atoms with Crippen LogP contribution in [0.15, 0.2) is 0 Å². The number of carbonyl (C=O) groups excluding carboxylic acids is 1. The monoisotopic (exact) mass is 210 g/mol. The Labute approximate surface area is 92.2 Å². The molecule has 0 spiro atoms. The highest BCUT2D eigenvalue weighted by Crippen LogP contribution is 2.24. The molecule has 3 unspecified atom stereocenters. The summed E-state index contributed by atoms with van der Waals surface area (Å²) in [4.78, 5) is 14.1. The summed E-state index contributed by atoms with van der Waals surface area (Å²) in [6.45, 7) is 8.56. The minimum Gasteiger partial charge on any atom is -0.342 e. The van der Waals surface area contributed by atoms with Gasteiger partial charge < -0.3 is 10.2 Å². The number of carbonyl (C=O) groups is 1. The summed E-state index contributed by atoms with van der Waals surface area (Å²) in [5.74, 6) is 2.31. The van der Waals surface area contributed by atoms with Gasteiger partial charge in [0.2, 0.25) is 5.91 Å². The predicted molar refractivity (Wildman–Crippen MR) is 60.5 cm³/mol. The third kappa shape index (κ3) is 2.51.